The number of aromatic nitrogens is 2. The van der Waals surface area contributed by atoms with Gasteiger partial charge in [0, 0.05) is 18.0 Å². The zero-order valence-corrected chi connectivity index (χ0v) is 16.4. The molecule has 10 heteroatoms. The van der Waals surface area contributed by atoms with Crippen LogP contribution in [0.5, 0.6) is 0 Å². The Morgan fingerprint density at radius 2 is 2.16 bits per heavy atom. The number of carbonyl (C=O) groups excluding carboxylic acids is 2. The highest BCUT2D eigenvalue weighted by Gasteiger charge is 2.10. The maximum absolute atomic E-state index is 11.8. The van der Waals surface area contributed by atoms with Crippen LogP contribution in [0.15, 0.2) is 21.9 Å². The number of anilines is 1. The lowest BCUT2D eigenvalue weighted by molar-refractivity contribution is -0.117. The first-order valence-corrected chi connectivity index (χ1v) is 10.7. The molecule has 136 valence electrons. The lowest BCUT2D eigenvalue weighted by Gasteiger charge is -2.05. The number of imide groups is 1. The lowest BCUT2D eigenvalue weighted by atomic mass is 10.3. The van der Waals surface area contributed by atoms with Crippen molar-refractivity contribution >= 4 is 51.5 Å². The van der Waals surface area contributed by atoms with Crippen molar-refractivity contribution in [2.75, 3.05) is 24.2 Å². The summed E-state index contributed by atoms with van der Waals surface area (Å²) in [6.07, 6.45) is 2.95. The Labute approximate surface area is 159 Å². The maximum Gasteiger partial charge on any atom is 0.321 e. The first-order valence-electron chi connectivity index (χ1n) is 7.97. The number of amides is 3. The fourth-order valence-electron chi connectivity index (χ4n) is 1.80. The van der Waals surface area contributed by atoms with Crippen LogP contribution in [-0.4, -0.2) is 41.0 Å². The Balaban J connectivity index is 1.60. The van der Waals surface area contributed by atoms with Crippen LogP contribution in [0.25, 0.3) is 0 Å². The molecule has 0 fully saturated rings. The van der Waals surface area contributed by atoms with Gasteiger partial charge in [0.05, 0.1) is 5.75 Å². The van der Waals surface area contributed by atoms with E-state index < -0.39 is 6.03 Å². The van der Waals surface area contributed by atoms with Crippen molar-refractivity contribution in [3.63, 3.8) is 0 Å². The molecule has 2 aromatic rings. The number of urea groups is 1. The highest BCUT2D eigenvalue weighted by molar-refractivity contribution is 8.01. The van der Waals surface area contributed by atoms with E-state index in [1.165, 1.54) is 28.0 Å². The third-order valence-corrected chi connectivity index (χ3v) is 5.98. The monoisotopic (exact) mass is 399 g/mol. The molecular formula is C15H21N5O2S3. The van der Waals surface area contributed by atoms with Gasteiger partial charge in [-0.2, -0.15) is 0 Å². The number of rotatable bonds is 10. The molecule has 7 nitrogen and oxygen atoms in total. The predicted molar refractivity (Wildman–Crippen MR) is 104 cm³/mol. The minimum atomic E-state index is -0.471. The molecule has 2 heterocycles. The number of hydrogen-bond acceptors (Lipinski definition) is 8. The molecule has 0 aliphatic rings. The largest absolute Gasteiger partial charge is 0.360 e. The van der Waals surface area contributed by atoms with Gasteiger partial charge in [-0.05, 0) is 24.3 Å². The van der Waals surface area contributed by atoms with E-state index in [1.807, 2.05) is 17.5 Å². The molecule has 25 heavy (non-hydrogen) atoms. The smallest absolute Gasteiger partial charge is 0.321 e. The van der Waals surface area contributed by atoms with E-state index in [0.717, 1.165) is 30.9 Å². The minimum Gasteiger partial charge on any atom is -0.360 e. The fraction of sp³-hybridized carbons (Fsp3) is 0.467. The van der Waals surface area contributed by atoms with Gasteiger partial charge in [0.15, 0.2) is 4.34 Å². The van der Waals surface area contributed by atoms with Crippen molar-refractivity contribution < 1.29 is 9.59 Å². The first-order chi connectivity index (χ1) is 12.2. The van der Waals surface area contributed by atoms with Gasteiger partial charge in [-0.25, -0.2) is 4.79 Å². The average molecular weight is 400 g/mol. The predicted octanol–water partition coefficient (Wildman–Crippen LogP) is 2.97. The molecule has 0 unspecified atom stereocenters. The topological polar surface area (TPSA) is 96.0 Å². The molecule has 0 aromatic carbocycles. The van der Waals surface area contributed by atoms with Crippen LogP contribution in [0.2, 0.25) is 0 Å². The van der Waals surface area contributed by atoms with E-state index >= 15 is 0 Å². The summed E-state index contributed by atoms with van der Waals surface area (Å²) < 4.78 is 0.701. The number of nitrogens with zero attached hydrogens (tertiary/aromatic N) is 2. The van der Waals surface area contributed by atoms with Crippen LogP contribution in [0.1, 0.15) is 24.6 Å². The summed E-state index contributed by atoms with van der Waals surface area (Å²) in [5.41, 5.74) is 0. The van der Waals surface area contributed by atoms with Crippen molar-refractivity contribution in [1.29, 1.82) is 0 Å². The SMILES string of the molecule is CCCCNc1nnc(SCC(=O)NC(=O)NCCc2cccs2)s1. The third kappa shape index (κ3) is 7.84. The van der Waals surface area contributed by atoms with Crippen LogP contribution in [0.3, 0.4) is 0 Å². The van der Waals surface area contributed by atoms with Gasteiger partial charge >= 0.3 is 6.03 Å². The molecular weight excluding hydrogens is 378 g/mol. The minimum absolute atomic E-state index is 0.127. The standard InChI is InChI=1S/C15H21N5O2S3/c1-2-3-7-17-14-19-20-15(25-14)24-10-12(21)18-13(22)16-8-6-11-5-4-9-23-11/h4-5,9H,2-3,6-8,10H2,1H3,(H,17,19)(H2,16,18,21,22). The number of unbranched alkanes of at least 4 members (excludes halogenated alkanes) is 1. The van der Waals surface area contributed by atoms with Crippen LogP contribution < -0.4 is 16.0 Å². The summed E-state index contributed by atoms with van der Waals surface area (Å²) in [6, 6.07) is 3.51. The van der Waals surface area contributed by atoms with Crippen LogP contribution >= 0.6 is 34.4 Å². The van der Waals surface area contributed by atoms with Crippen molar-refractivity contribution in [3.05, 3.63) is 22.4 Å². The van der Waals surface area contributed by atoms with E-state index in [4.69, 9.17) is 0 Å². The molecule has 0 bridgehead atoms. The zero-order valence-electron chi connectivity index (χ0n) is 13.9. The lowest BCUT2D eigenvalue weighted by Crippen LogP contribution is -2.41. The van der Waals surface area contributed by atoms with E-state index in [2.05, 4.69) is 33.1 Å². The molecule has 3 amide bonds. The Hall–Kier alpha value is -1.65. The Bertz CT molecular complexity index is 660. The summed E-state index contributed by atoms with van der Waals surface area (Å²) in [5.74, 6) is -0.226. The van der Waals surface area contributed by atoms with Crippen molar-refractivity contribution in [2.24, 2.45) is 0 Å². The average Bonchev–Trinajstić information content (AvgIpc) is 3.25. The normalized spacial score (nSPS) is 10.4. The van der Waals surface area contributed by atoms with E-state index in [9.17, 15) is 9.59 Å². The van der Waals surface area contributed by atoms with Gasteiger partial charge in [-0.1, -0.05) is 42.5 Å². The van der Waals surface area contributed by atoms with Crippen LogP contribution in [0, 0.1) is 0 Å². The molecule has 0 saturated heterocycles. The Morgan fingerprint density at radius 1 is 1.28 bits per heavy atom. The zero-order chi connectivity index (χ0) is 17.9. The third-order valence-electron chi connectivity index (χ3n) is 3.03. The number of hydrogen-bond donors (Lipinski definition) is 3. The van der Waals surface area contributed by atoms with E-state index in [1.54, 1.807) is 11.3 Å². The molecule has 0 aliphatic heterocycles. The van der Waals surface area contributed by atoms with Gasteiger partial charge in [0.25, 0.3) is 0 Å². The van der Waals surface area contributed by atoms with Gasteiger partial charge in [-0.3, -0.25) is 10.1 Å². The molecule has 0 radical (unpaired) electrons. The molecule has 2 rings (SSSR count). The number of carbonyl (C=O) groups is 2. The molecule has 0 atom stereocenters. The van der Waals surface area contributed by atoms with Crippen molar-refractivity contribution in [3.8, 4) is 0 Å². The molecule has 0 aliphatic carbocycles. The second-order valence-corrected chi connectivity index (χ2v) is 8.31. The number of thiophene rings is 1. The quantitative estimate of drug-likeness (QED) is 0.420. The summed E-state index contributed by atoms with van der Waals surface area (Å²) in [6.45, 7) is 3.48. The highest BCUT2D eigenvalue weighted by atomic mass is 32.2. The van der Waals surface area contributed by atoms with Crippen molar-refractivity contribution in [2.45, 2.75) is 30.5 Å². The highest BCUT2D eigenvalue weighted by Crippen LogP contribution is 2.25. The first kappa shape index (κ1) is 19.7. The summed E-state index contributed by atoms with van der Waals surface area (Å²) in [7, 11) is 0. The van der Waals surface area contributed by atoms with E-state index in [0.29, 0.717) is 10.9 Å². The Morgan fingerprint density at radius 3 is 2.92 bits per heavy atom. The second-order valence-electron chi connectivity index (χ2n) is 5.08. The summed E-state index contributed by atoms with van der Waals surface area (Å²) in [5, 5.41) is 19.0. The van der Waals surface area contributed by atoms with Crippen molar-refractivity contribution in [1.82, 2.24) is 20.8 Å². The van der Waals surface area contributed by atoms with Gasteiger partial charge in [0.2, 0.25) is 11.0 Å². The van der Waals surface area contributed by atoms with Gasteiger partial charge in [-0.15, -0.1) is 21.5 Å². The van der Waals surface area contributed by atoms with Crippen LogP contribution in [0.4, 0.5) is 9.93 Å². The number of thioether (sulfide) groups is 1. The van der Waals surface area contributed by atoms with Gasteiger partial charge < -0.3 is 10.6 Å². The summed E-state index contributed by atoms with van der Waals surface area (Å²) in [4.78, 5) is 24.6. The maximum atomic E-state index is 11.8. The number of nitrogens with one attached hydrogen (secondary N) is 3. The molecule has 0 saturated carbocycles. The molecule has 3 N–H and O–H groups in total. The van der Waals surface area contributed by atoms with Gasteiger partial charge in [0.1, 0.15) is 0 Å². The van der Waals surface area contributed by atoms with E-state index in [-0.39, 0.29) is 11.7 Å². The molecule has 0 spiro atoms. The van der Waals surface area contributed by atoms with Crippen LogP contribution in [-0.2, 0) is 11.2 Å². The second kappa shape index (κ2) is 11.1. The fourth-order valence-corrected chi connectivity index (χ4v) is 4.09. The Kier molecular flexibility index (Phi) is 8.70. The molecule has 2 aromatic heterocycles. The summed E-state index contributed by atoms with van der Waals surface area (Å²) >= 11 is 4.32.